The first-order chi connectivity index (χ1) is 3.80. The van der Waals surface area contributed by atoms with Gasteiger partial charge in [0.05, 0.1) is 5.02 Å². The number of aromatic nitrogens is 1. The minimum absolute atomic E-state index is 0. The molecule has 0 bridgehead atoms. The molecule has 1 nitrogen and oxygen atoms in total. The SMILES string of the molecule is Clc1cccnc1Cl.[Sn]. The van der Waals surface area contributed by atoms with Crippen molar-refractivity contribution in [3.8, 4) is 0 Å². The van der Waals surface area contributed by atoms with Crippen LogP contribution >= 0.6 is 23.2 Å². The molecule has 0 fully saturated rings. The Bertz CT molecular complexity index is 171. The van der Waals surface area contributed by atoms with Gasteiger partial charge in [-0.3, -0.25) is 0 Å². The van der Waals surface area contributed by atoms with Crippen LogP contribution in [-0.2, 0) is 0 Å². The maximum Gasteiger partial charge on any atom is 0.147 e. The number of rotatable bonds is 0. The summed E-state index contributed by atoms with van der Waals surface area (Å²) in [4.78, 5) is 3.71. The fourth-order valence-electron chi connectivity index (χ4n) is 0.366. The molecule has 0 aliphatic carbocycles. The van der Waals surface area contributed by atoms with E-state index in [1.807, 2.05) is 0 Å². The predicted octanol–water partition coefficient (Wildman–Crippen LogP) is 2.01. The molecule has 0 aromatic carbocycles. The Morgan fingerprint density at radius 1 is 1.33 bits per heavy atom. The van der Waals surface area contributed by atoms with Gasteiger partial charge < -0.3 is 0 Å². The number of halogens is 2. The van der Waals surface area contributed by atoms with E-state index in [0.29, 0.717) is 10.2 Å². The smallest absolute Gasteiger partial charge is 0.147 e. The minimum atomic E-state index is 0. The van der Waals surface area contributed by atoms with Crippen LogP contribution in [0.2, 0.25) is 10.2 Å². The average molecular weight is 267 g/mol. The normalized spacial score (nSPS) is 8.22. The third-order valence-corrected chi connectivity index (χ3v) is 1.42. The Labute approximate surface area is 80.3 Å². The third kappa shape index (κ3) is 2.74. The summed E-state index contributed by atoms with van der Waals surface area (Å²) in [6.07, 6.45) is 1.59. The van der Waals surface area contributed by atoms with Gasteiger partial charge in [-0.05, 0) is 12.1 Å². The maximum atomic E-state index is 5.51. The van der Waals surface area contributed by atoms with Crippen molar-refractivity contribution in [3.63, 3.8) is 0 Å². The summed E-state index contributed by atoms with van der Waals surface area (Å²) in [7, 11) is 0. The Kier molecular flexibility index (Phi) is 4.62. The van der Waals surface area contributed by atoms with Crippen LogP contribution in [0.3, 0.4) is 0 Å². The van der Waals surface area contributed by atoms with E-state index in [-0.39, 0.29) is 23.9 Å². The molecule has 0 aliphatic rings. The van der Waals surface area contributed by atoms with Crippen molar-refractivity contribution >= 4 is 47.1 Å². The molecule has 0 spiro atoms. The van der Waals surface area contributed by atoms with E-state index in [4.69, 9.17) is 23.2 Å². The summed E-state index contributed by atoms with van der Waals surface area (Å²) in [5.74, 6) is 0. The molecular formula is C5H3Cl2NSn. The topological polar surface area (TPSA) is 12.9 Å². The Balaban J connectivity index is 0.000000640. The van der Waals surface area contributed by atoms with Crippen molar-refractivity contribution in [1.29, 1.82) is 0 Å². The van der Waals surface area contributed by atoms with Crippen LogP contribution in [0.1, 0.15) is 0 Å². The van der Waals surface area contributed by atoms with E-state index in [1.54, 1.807) is 18.3 Å². The molecule has 0 saturated carbocycles. The van der Waals surface area contributed by atoms with Gasteiger partial charge in [0.1, 0.15) is 5.15 Å². The van der Waals surface area contributed by atoms with Gasteiger partial charge in [-0.25, -0.2) is 4.98 Å². The van der Waals surface area contributed by atoms with Gasteiger partial charge in [0.15, 0.2) is 0 Å². The zero-order chi connectivity index (χ0) is 5.98. The van der Waals surface area contributed by atoms with Crippen LogP contribution < -0.4 is 0 Å². The summed E-state index contributed by atoms with van der Waals surface area (Å²) < 4.78 is 0. The fourth-order valence-corrected chi connectivity index (χ4v) is 0.607. The molecule has 4 radical (unpaired) electrons. The van der Waals surface area contributed by atoms with Crippen molar-refractivity contribution < 1.29 is 0 Å². The molecule has 1 heterocycles. The molecule has 1 rings (SSSR count). The quantitative estimate of drug-likeness (QED) is 0.517. The van der Waals surface area contributed by atoms with Crippen molar-refractivity contribution in [2.75, 3.05) is 0 Å². The standard InChI is InChI=1S/C5H3Cl2N.Sn/c6-4-2-1-3-8-5(4)7;/h1-3H;. The van der Waals surface area contributed by atoms with Crippen molar-refractivity contribution in [2.24, 2.45) is 0 Å². The van der Waals surface area contributed by atoms with Gasteiger partial charge in [0.25, 0.3) is 0 Å². The molecule has 1 aromatic heterocycles. The summed E-state index contributed by atoms with van der Waals surface area (Å²) in [6, 6.07) is 3.42. The van der Waals surface area contributed by atoms with Gasteiger partial charge in [-0.2, -0.15) is 0 Å². The minimum Gasteiger partial charge on any atom is -0.243 e. The van der Waals surface area contributed by atoms with Crippen LogP contribution in [-0.4, -0.2) is 28.9 Å². The molecule has 0 unspecified atom stereocenters. The molecule has 4 heteroatoms. The molecule has 0 atom stereocenters. The number of hydrogen-bond donors (Lipinski definition) is 0. The number of nitrogens with zero attached hydrogens (tertiary/aromatic N) is 1. The number of hydrogen-bond acceptors (Lipinski definition) is 1. The predicted molar refractivity (Wildman–Crippen MR) is 40.0 cm³/mol. The van der Waals surface area contributed by atoms with Crippen LogP contribution in [0, 0.1) is 0 Å². The van der Waals surface area contributed by atoms with Crippen molar-refractivity contribution in [3.05, 3.63) is 28.5 Å². The second kappa shape index (κ2) is 4.36. The van der Waals surface area contributed by atoms with Gasteiger partial charge in [0.2, 0.25) is 0 Å². The molecule has 1 aromatic rings. The molecule has 0 aliphatic heterocycles. The van der Waals surface area contributed by atoms with Gasteiger partial charge in [-0.1, -0.05) is 23.2 Å². The van der Waals surface area contributed by atoms with E-state index >= 15 is 0 Å². The van der Waals surface area contributed by atoms with Gasteiger partial charge >= 0.3 is 0 Å². The zero-order valence-corrected chi connectivity index (χ0v) is 8.80. The fraction of sp³-hybridized carbons (Fsp3) is 0. The molecule has 0 amide bonds. The Hall–Kier alpha value is 0.529. The maximum absolute atomic E-state index is 5.51. The first-order valence-corrected chi connectivity index (χ1v) is 2.82. The average Bonchev–Trinajstić information content (AvgIpc) is 1.77. The Morgan fingerprint density at radius 2 is 2.00 bits per heavy atom. The first kappa shape index (κ1) is 9.53. The van der Waals surface area contributed by atoms with Crippen LogP contribution in [0.5, 0.6) is 0 Å². The summed E-state index contributed by atoms with van der Waals surface area (Å²) in [5.41, 5.74) is 0. The Morgan fingerprint density at radius 3 is 2.33 bits per heavy atom. The first-order valence-electron chi connectivity index (χ1n) is 2.07. The monoisotopic (exact) mass is 267 g/mol. The van der Waals surface area contributed by atoms with Crippen molar-refractivity contribution in [2.45, 2.75) is 0 Å². The van der Waals surface area contributed by atoms with Gasteiger partial charge in [0, 0.05) is 30.1 Å². The number of pyridine rings is 1. The van der Waals surface area contributed by atoms with Crippen LogP contribution in [0.4, 0.5) is 0 Å². The summed E-state index contributed by atoms with van der Waals surface area (Å²) >= 11 is 11.0. The molecule has 46 valence electrons. The zero-order valence-electron chi connectivity index (χ0n) is 4.44. The summed E-state index contributed by atoms with van der Waals surface area (Å²) in [6.45, 7) is 0. The molecule has 9 heavy (non-hydrogen) atoms. The second-order valence-corrected chi connectivity index (χ2v) is 2.04. The van der Waals surface area contributed by atoms with E-state index < -0.39 is 0 Å². The van der Waals surface area contributed by atoms with Gasteiger partial charge in [-0.15, -0.1) is 0 Å². The van der Waals surface area contributed by atoms with E-state index in [2.05, 4.69) is 4.98 Å². The largest absolute Gasteiger partial charge is 0.243 e. The third-order valence-electron chi connectivity index (χ3n) is 0.714. The van der Waals surface area contributed by atoms with Crippen LogP contribution in [0.25, 0.3) is 0 Å². The second-order valence-electron chi connectivity index (χ2n) is 1.28. The molecule has 0 N–H and O–H groups in total. The van der Waals surface area contributed by atoms with Crippen LogP contribution in [0.15, 0.2) is 18.3 Å². The van der Waals surface area contributed by atoms with Crippen molar-refractivity contribution in [1.82, 2.24) is 4.98 Å². The van der Waals surface area contributed by atoms with E-state index in [0.717, 1.165) is 0 Å². The van der Waals surface area contributed by atoms with E-state index in [9.17, 15) is 0 Å². The molecular weight excluding hydrogens is 264 g/mol. The summed E-state index contributed by atoms with van der Waals surface area (Å²) in [5, 5.41) is 0.850. The molecule has 0 saturated heterocycles. The van der Waals surface area contributed by atoms with E-state index in [1.165, 1.54) is 0 Å².